The van der Waals surface area contributed by atoms with Gasteiger partial charge >= 0.3 is 6.61 Å². The number of alkyl halides is 2. The second-order valence-corrected chi connectivity index (χ2v) is 8.22. The number of furan rings is 1. The van der Waals surface area contributed by atoms with E-state index in [0.29, 0.717) is 17.5 Å². The molecule has 2 aromatic carbocycles. The van der Waals surface area contributed by atoms with Crippen LogP contribution in [0.15, 0.2) is 76.5 Å². The summed E-state index contributed by atoms with van der Waals surface area (Å²) in [5, 5.41) is 9.55. The standard InChI is InChI=1S/C23H21F2N3O3S/c1-15(16-8-10-18(11-9-16)31-22(24)25)32-23-27-26-21(17-5-3-6-19(13-17)29-2)28(23)14-20-7-4-12-30-20/h3-13,15,22H,14H2,1-2H3. The van der Waals surface area contributed by atoms with E-state index in [-0.39, 0.29) is 11.0 Å². The van der Waals surface area contributed by atoms with Crippen LogP contribution < -0.4 is 9.47 Å². The number of benzene rings is 2. The Morgan fingerprint density at radius 3 is 2.53 bits per heavy atom. The molecule has 6 nitrogen and oxygen atoms in total. The molecule has 166 valence electrons. The first kappa shape index (κ1) is 21.9. The minimum atomic E-state index is -2.84. The fraction of sp³-hybridized carbons (Fsp3) is 0.217. The summed E-state index contributed by atoms with van der Waals surface area (Å²) in [5.74, 6) is 2.32. The third-order valence-corrected chi connectivity index (χ3v) is 5.93. The monoisotopic (exact) mass is 457 g/mol. The van der Waals surface area contributed by atoms with Gasteiger partial charge in [-0.3, -0.25) is 4.57 Å². The van der Waals surface area contributed by atoms with Crippen molar-refractivity contribution in [2.75, 3.05) is 7.11 Å². The third-order valence-electron chi connectivity index (χ3n) is 4.80. The van der Waals surface area contributed by atoms with E-state index in [9.17, 15) is 8.78 Å². The van der Waals surface area contributed by atoms with E-state index in [1.165, 1.54) is 23.9 Å². The lowest BCUT2D eigenvalue weighted by Gasteiger charge is -2.14. The molecule has 0 bridgehead atoms. The lowest BCUT2D eigenvalue weighted by Crippen LogP contribution is -2.04. The van der Waals surface area contributed by atoms with Crippen molar-refractivity contribution in [1.29, 1.82) is 0 Å². The molecule has 0 aliphatic rings. The topological polar surface area (TPSA) is 62.3 Å². The number of hydrogen-bond acceptors (Lipinski definition) is 6. The first-order chi connectivity index (χ1) is 15.5. The van der Waals surface area contributed by atoms with Gasteiger partial charge in [-0.2, -0.15) is 8.78 Å². The molecule has 4 aromatic rings. The highest BCUT2D eigenvalue weighted by Gasteiger charge is 2.19. The number of halogens is 2. The molecule has 0 radical (unpaired) electrons. The molecule has 1 atom stereocenters. The molecule has 0 saturated carbocycles. The molecule has 0 aliphatic carbocycles. The Kier molecular flexibility index (Phi) is 6.75. The summed E-state index contributed by atoms with van der Waals surface area (Å²) >= 11 is 1.52. The minimum absolute atomic E-state index is 0.00619. The van der Waals surface area contributed by atoms with Gasteiger partial charge in [-0.15, -0.1) is 10.2 Å². The molecule has 0 amide bonds. The summed E-state index contributed by atoms with van der Waals surface area (Å²) in [7, 11) is 1.62. The number of methoxy groups -OCH3 is 1. The van der Waals surface area contributed by atoms with Gasteiger partial charge in [-0.05, 0) is 48.9 Å². The van der Waals surface area contributed by atoms with Gasteiger partial charge < -0.3 is 13.9 Å². The Morgan fingerprint density at radius 1 is 1.03 bits per heavy atom. The van der Waals surface area contributed by atoms with E-state index in [4.69, 9.17) is 9.15 Å². The molecule has 32 heavy (non-hydrogen) atoms. The summed E-state index contributed by atoms with van der Waals surface area (Å²) < 4.78 is 42.1. The Hall–Kier alpha value is -3.33. The van der Waals surface area contributed by atoms with Crippen LogP contribution in [0, 0.1) is 0 Å². The van der Waals surface area contributed by atoms with Gasteiger partial charge in [0, 0.05) is 10.8 Å². The predicted octanol–water partition coefficient (Wildman–Crippen LogP) is 6.05. The predicted molar refractivity (Wildman–Crippen MR) is 117 cm³/mol. The highest BCUT2D eigenvalue weighted by Crippen LogP contribution is 2.36. The summed E-state index contributed by atoms with van der Waals surface area (Å²) in [4.78, 5) is 0. The minimum Gasteiger partial charge on any atom is -0.497 e. The van der Waals surface area contributed by atoms with Gasteiger partial charge in [0.1, 0.15) is 17.3 Å². The van der Waals surface area contributed by atoms with Gasteiger partial charge in [0.05, 0.1) is 19.9 Å². The second kappa shape index (κ2) is 9.86. The van der Waals surface area contributed by atoms with Crippen LogP contribution in [0.4, 0.5) is 8.78 Å². The highest BCUT2D eigenvalue weighted by atomic mass is 32.2. The van der Waals surface area contributed by atoms with Crippen molar-refractivity contribution in [3.05, 3.63) is 78.3 Å². The van der Waals surface area contributed by atoms with Crippen molar-refractivity contribution in [3.63, 3.8) is 0 Å². The fourth-order valence-electron chi connectivity index (χ4n) is 3.20. The zero-order valence-electron chi connectivity index (χ0n) is 17.4. The van der Waals surface area contributed by atoms with Crippen molar-refractivity contribution >= 4 is 11.8 Å². The van der Waals surface area contributed by atoms with Gasteiger partial charge in [0.25, 0.3) is 0 Å². The van der Waals surface area contributed by atoms with E-state index in [0.717, 1.165) is 22.6 Å². The average Bonchev–Trinajstić information content (AvgIpc) is 3.44. The Balaban J connectivity index is 1.62. The van der Waals surface area contributed by atoms with Crippen LogP contribution in [-0.2, 0) is 6.54 Å². The number of hydrogen-bond donors (Lipinski definition) is 0. The van der Waals surface area contributed by atoms with Crippen LogP contribution in [0.5, 0.6) is 11.5 Å². The SMILES string of the molecule is COc1cccc(-c2nnc(SC(C)c3ccc(OC(F)F)cc3)n2Cc2ccco2)c1. The Morgan fingerprint density at radius 2 is 1.84 bits per heavy atom. The van der Waals surface area contributed by atoms with Crippen LogP contribution in [0.1, 0.15) is 23.5 Å². The van der Waals surface area contributed by atoms with Crippen LogP contribution in [0.25, 0.3) is 11.4 Å². The van der Waals surface area contributed by atoms with Crippen LogP contribution in [0.3, 0.4) is 0 Å². The van der Waals surface area contributed by atoms with Crippen molar-refractivity contribution in [3.8, 4) is 22.9 Å². The van der Waals surface area contributed by atoms with E-state index in [1.54, 1.807) is 25.5 Å². The number of thioether (sulfide) groups is 1. The molecule has 0 N–H and O–H groups in total. The van der Waals surface area contributed by atoms with Crippen molar-refractivity contribution < 1.29 is 22.7 Å². The highest BCUT2D eigenvalue weighted by molar-refractivity contribution is 7.99. The molecule has 9 heteroatoms. The van der Waals surface area contributed by atoms with Gasteiger partial charge in [-0.1, -0.05) is 36.0 Å². The maximum absolute atomic E-state index is 12.4. The molecule has 0 spiro atoms. The summed E-state index contributed by atoms with van der Waals surface area (Å²) in [6.07, 6.45) is 1.63. The number of aromatic nitrogens is 3. The molecule has 4 rings (SSSR count). The lowest BCUT2D eigenvalue weighted by atomic mass is 10.2. The van der Waals surface area contributed by atoms with E-state index in [1.807, 2.05) is 47.9 Å². The summed E-state index contributed by atoms with van der Waals surface area (Å²) in [6.45, 7) is -0.365. The molecule has 2 aromatic heterocycles. The Bertz CT molecular complexity index is 1150. The van der Waals surface area contributed by atoms with Crippen LogP contribution in [0.2, 0.25) is 0 Å². The molecular formula is C23H21F2N3O3S. The van der Waals surface area contributed by atoms with Gasteiger partial charge in [-0.25, -0.2) is 0 Å². The molecule has 0 aliphatic heterocycles. The molecule has 0 fully saturated rings. The largest absolute Gasteiger partial charge is 0.497 e. The van der Waals surface area contributed by atoms with E-state index < -0.39 is 6.61 Å². The second-order valence-electron chi connectivity index (χ2n) is 6.91. The van der Waals surface area contributed by atoms with Crippen molar-refractivity contribution in [2.24, 2.45) is 0 Å². The Labute approximate surface area is 188 Å². The van der Waals surface area contributed by atoms with Crippen LogP contribution >= 0.6 is 11.8 Å². The normalized spacial score (nSPS) is 12.2. The lowest BCUT2D eigenvalue weighted by molar-refractivity contribution is -0.0498. The zero-order chi connectivity index (χ0) is 22.5. The average molecular weight is 458 g/mol. The summed E-state index contributed by atoms with van der Waals surface area (Å²) in [6, 6.07) is 18.0. The van der Waals surface area contributed by atoms with Crippen LogP contribution in [-0.4, -0.2) is 28.5 Å². The number of nitrogens with zero attached hydrogens (tertiary/aromatic N) is 3. The first-order valence-corrected chi connectivity index (χ1v) is 10.7. The molecule has 2 heterocycles. The fourth-order valence-corrected chi connectivity index (χ4v) is 4.17. The van der Waals surface area contributed by atoms with Crippen molar-refractivity contribution in [1.82, 2.24) is 14.8 Å². The van der Waals surface area contributed by atoms with Gasteiger partial charge in [0.2, 0.25) is 0 Å². The molecular weight excluding hydrogens is 436 g/mol. The molecule has 0 saturated heterocycles. The van der Waals surface area contributed by atoms with E-state index >= 15 is 0 Å². The number of rotatable bonds is 9. The summed E-state index contributed by atoms with van der Waals surface area (Å²) in [5.41, 5.74) is 1.82. The van der Waals surface area contributed by atoms with E-state index in [2.05, 4.69) is 14.9 Å². The maximum Gasteiger partial charge on any atom is 0.387 e. The quantitative estimate of drug-likeness (QED) is 0.285. The van der Waals surface area contributed by atoms with Crippen molar-refractivity contribution in [2.45, 2.75) is 30.5 Å². The number of ether oxygens (including phenoxy) is 2. The molecule has 1 unspecified atom stereocenters. The maximum atomic E-state index is 12.4. The van der Waals surface area contributed by atoms with Gasteiger partial charge in [0.15, 0.2) is 11.0 Å². The zero-order valence-corrected chi connectivity index (χ0v) is 18.3. The first-order valence-electron chi connectivity index (χ1n) is 9.85. The smallest absolute Gasteiger partial charge is 0.387 e. The third kappa shape index (κ3) is 5.11.